The van der Waals surface area contributed by atoms with E-state index in [1.807, 2.05) is 0 Å². The van der Waals surface area contributed by atoms with Gasteiger partial charge in [0.15, 0.2) is 0 Å². The number of nitrogens with one attached hydrogen (secondary N) is 2. The zero-order valence-electron chi connectivity index (χ0n) is 12.3. The third-order valence-corrected chi connectivity index (χ3v) is 3.54. The van der Waals surface area contributed by atoms with Gasteiger partial charge in [0.05, 0.1) is 13.2 Å². The molecule has 0 aliphatic carbocycles. The molecule has 0 aromatic heterocycles. The first-order valence-corrected chi connectivity index (χ1v) is 7.17. The number of hydrogen-bond acceptors (Lipinski definition) is 3. The first kappa shape index (κ1) is 14.5. The predicted molar refractivity (Wildman–Crippen MR) is 79.5 cm³/mol. The number of rotatable bonds is 4. The van der Waals surface area contributed by atoms with Crippen molar-refractivity contribution in [1.29, 1.82) is 0 Å². The molecule has 1 aliphatic heterocycles. The van der Waals surface area contributed by atoms with Crippen LogP contribution in [0.15, 0.2) is 24.3 Å². The fourth-order valence-corrected chi connectivity index (χ4v) is 2.26. The lowest BCUT2D eigenvalue weighted by molar-refractivity contribution is 0.0766. The maximum Gasteiger partial charge on any atom is 0.0632 e. The van der Waals surface area contributed by atoms with Crippen molar-refractivity contribution in [3.05, 3.63) is 35.4 Å². The summed E-state index contributed by atoms with van der Waals surface area (Å²) in [5, 5.41) is 6.93. The standard InChI is InChI=1S/C16H26N2O/c1-16(2,3)14-6-4-13(5-7-14)10-17-11-15-12-19-9-8-18-15/h4-7,15,17-18H,8-12H2,1-3H3. The summed E-state index contributed by atoms with van der Waals surface area (Å²) in [6, 6.07) is 9.36. The van der Waals surface area contributed by atoms with Crippen molar-refractivity contribution in [2.45, 2.75) is 38.8 Å². The second kappa shape index (κ2) is 6.51. The summed E-state index contributed by atoms with van der Waals surface area (Å²) in [7, 11) is 0. The van der Waals surface area contributed by atoms with E-state index in [1.165, 1.54) is 11.1 Å². The zero-order valence-corrected chi connectivity index (χ0v) is 12.3. The lowest BCUT2D eigenvalue weighted by Crippen LogP contribution is -2.47. The van der Waals surface area contributed by atoms with E-state index in [1.54, 1.807) is 0 Å². The maximum absolute atomic E-state index is 5.44. The van der Waals surface area contributed by atoms with Crippen LogP contribution in [0.25, 0.3) is 0 Å². The van der Waals surface area contributed by atoms with E-state index in [2.05, 4.69) is 55.7 Å². The largest absolute Gasteiger partial charge is 0.378 e. The summed E-state index contributed by atoms with van der Waals surface area (Å²) < 4.78 is 5.44. The minimum atomic E-state index is 0.231. The van der Waals surface area contributed by atoms with Crippen molar-refractivity contribution in [3.63, 3.8) is 0 Å². The summed E-state index contributed by atoms with van der Waals surface area (Å²) in [6.07, 6.45) is 0. The first-order valence-electron chi connectivity index (χ1n) is 7.17. The van der Waals surface area contributed by atoms with Gasteiger partial charge < -0.3 is 15.4 Å². The molecular formula is C16H26N2O. The van der Waals surface area contributed by atoms with Crippen LogP contribution in [0.3, 0.4) is 0 Å². The SMILES string of the molecule is CC(C)(C)c1ccc(CNCC2COCCN2)cc1. The van der Waals surface area contributed by atoms with Gasteiger partial charge in [0.25, 0.3) is 0 Å². The molecule has 106 valence electrons. The Morgan fingerprint density at radius 3 is 2.58 bits per heavy atom. The summed E-state index contributed by atoms with van der Waals surface area (Å²) in [4.78, 5) is 0. The Labute approximate surface area is 116 Å². The van der Waals surface area contributed by atoms with Gasteiger partial charge in [-0.25, -0.2) is 0 Å². The van der Waals surface area contributed by atoms with Crippen LogP contribution in [-0.2, 0) is 16.7 Å². The summed E-state index contributed by atoms with van der Waals surface area (Å²) in [5.41, 5.74) is 2.96. The minimum Gasteiger partial charge on any atom is -0.378 e. The van der Waals surface area contributed by atoms with E-state index in [0.29, 0.717) is 6.04 Å². The van der Waals surface area contributed by atoms with Gasteiger partial charge in [0, 0.05) is 25.7 Å². The second-order valence-electron chi connectivity index (χ2n) is 6.30. The van der Waals surface area contributed by atoms with E-state index in [4.69, 9.17) is 4.74 Å². The first-order chi connectivity index (χ1) is 9.05. The van der Waals surface area contributed by atoms with Crippen LogP contribution < -0.4 is 10.6 Å². The lowest BCUT2D eigenvalue weighted by atomic mass is 9.87. The third-order valence-electron chi connectivity index (χ3n) is 3.54. The van der Waals surface area contributed by atoms with E-state index < -0.39 is 0 Å². The van der Waals surface area contributed by atoms with Crippen molar-refractivity contribution in [3.8, 4) is 0 Å². The Balaban J connectivity index is 1.76. The monoisotopic (exact) mass is 262 g/mol. The normalized spacial score (nSPS) is 20.5. The molecule has 0 radical (unpaired) electrons. The highest BCUT2D eigenvalue weighted by molar-refractivity contribution is 5.27. The fourth-order valence-electron chi connectivity index (χ4n) is 2.26. The molecule has 1 aromatic carbocycles. The number of hydrogen-bond donors (Lipinski definition) is 2. The van der Waals surface area contributed by atoms with Crippen LogP contribution in [0, 0.1) is 0 Å². The smallest absolute Gasteiger partial charge is 0.0632 e. The average molecular weight is 262 g/mol. The number of ether oxygens (including phenoxy) is 1. The van der Waals surface area contributed by atoms with Crippen LogP contribution >= 0.6 is 0 Å². The van der Waals surface area contributed by atoms with Gasteiger partial charge in [-0.2, -0.15) is 0 Å². The summed E-state index contributed by atoms with van der Waals surface area (Å²) in [5.74, 6) is 0. The molecule has 0 saturated carbocycles. The van der Waals surface area contributed by atoms with Gasteiger partial charge in [-0.3, -0.25) is 0 Å². The molecule has 1 atom stereocenters. The molecule has 1 unspecified atom stereocenters. The van der Waals surface area contributed by atoms with E-state index in [-0.39, 0.29) is 5.41 Å². The molecule has 0 bridgehead atoms. The summed E-state index contributed by atoms with van der Waals surface area (Å²) in [6.45, 7) is 11.2. The molecule has 1 saturated heterocycles. The van der Waals surface area contributed by atoms with E-state index >= 15 is 0 Å². The molecule has 2 N–H and O–H groups in total. The van der Waals surface area contributed by atoms with Crippen molar-refractivity contribution in [2.24, 2.45) is 0 Å². The minimum absolute atomic E-state index is 0.231. The summed E-state index contributed by atoms with van der Waals surface area (Å²) >= 11 is 0. The van der Waals surface area contributed by atoms with Crippen LogP contribution in [0.2, 0.25) is 0 Å². The number of morpholine rings is 1. The van der Waals surface area contributed by atoms with Crippen molar-refractivity contribution in [2.75, 3.05) is 26.3 Å². The molecule has 0 amide bonds. The molecule has 19 heavy (non-hydrogen) atoms. The Morgan fingerprint density at radius 2 is 2.00 bits per heavy atom. The molecular weight excluding hydrogens is 236 g/mol. The van der Waals surface area contributed by atoms with Gasteiger partial charge in [0.1, 0.15) is 0 Å². The second-order valence-corrected chi connectivity index (χ2v) is 6.30. The molecule has 1 aromatic rings. The van der Waals surface area contributed by atoms with Crippen molar-refractivity contribution >= 4 is 0 Å². The quantitative estimate of drug-likeness (QED) is 0.871. The van der Waals surface area contributed by atoms with Crippen LogP contribution in [0.1, 0.15) is 31.9 Å². The van der Waals surface area contributed by atoms with Crippen molar-refractivity contribution in [1.82, 2.24) is 10.6 Å². The predicted octanol–water partition coefficient (Wildman–Crippen LogP) is 2.06. The van der Waals surface area contributed by atoms with Crippen LogP contribution in [-0.4, -0.2) is 32.3 Å². The van der Waals surface area contributed by atoms with Crippen LogP contribution in [0.4, 0.5) is 0 Å². The Hall–Kier alpha value is -0.900. The van der Waals surface area contributed by atoms with E-state index in [9.17, 15) is 0 Å². The average Bonchev–Trinajstić information content (AvgIpc) is 2.39. The van der Waals surface area contributed by atoms with Crippen LogP contribution in [0.5, 0.6) is 0 Å². The maximum atomic E-state index is 5.44. The van der Waals surface area contributed by atoms with Gasteiger partial charge in [0.2, 0.25) is 0 Å². The third kappa shape index (κ3) is 4.60. The zero-order chi connectivity index (χ0) is 13.7. The van der Waals surface area contributed by atoms with Gasteiger partial charge >= 0.3 is 0 Å². The molecule has 2 rings (SSSR count). The van der Waals surface area contributed by atoms with E-state index in [0.717, 1.165) is 32.8 Å². The van der Waals surface area contributed by atoms with Crippen molar-refractivity contribution < 1.29 is 4.74 Å². The lowest BCUT2D eigenvalue weighted by Gasteiger charge is -2.24. The Bertz CT molecular complexity index is 375. The molecule has 1 heterocycles. The fraction of sp³-hybridized carbons (Fsp3) is 0.625. The molecule has 3 heteroatoms. The molecule has 0 spiro atoms. The number of benzene rings is 1. The Kier molecular flexibility index (Phi) is 4.97. The Morgan fingerprint density at radius 1 is 1.26 bits per heavy atom. The van der Waals surface area contributed by atoms with Gasteiger partial charge in [-0.1, -0.05) is 45.0 Å². The molecule has 1 aliphatic rings. The van der Waals surface area contributed by atoms with Gasteiger partial charge in [-0.05, 0) is 16.5 Å². The molecule has 3 nitrogen and oxygen atoms in total. The topological polar surface area (TPSA) is 33.3 Å². The van der Waals surface area contributed by atoms with Gasteiger partial charge in [-0.15, -0.1) is 0 Å². The highest BCUT2D eigenvalue weighted by atomic mass is 16.5. The molecule has 1 fully saturated rings. The highest BCUT2D eigenvalue weighted by Crippen LogP contribution is 2.22. The highest BCUT2D eigenvalue weighted by Gasteiger charge is 2.13.